The molecule has 0 bridgehead atoms. The lowest BCUT2D eigenvalue weighted by Gasteiger charge is -2.08. The van der Waals surface area contributed by atoms with Crippen molar-refractivity contribution in [1.29, 1.82) is 0 Å². The third-order valence-electron chi connectivity index (χ3n) is 2.79. The van der Waals surface area contributed by atoms with Crippen LogP contribution in [0.3, 0.4) is 0 Å². The quantitative estimate of drug-likeness (QED) is 0.886. The molecule has 4 nitrogen and oxygen atoms in total. The molecule has 116 valence electrons. The van der Waals surface area contributed by atoms with Crippen LogP contribution in [0.2, 0.25) is 10.0 Å². The predicted octanol–water partition coefficient (Wildman–Crippen LogP) is 3.75. The van der Waals surface area contributed by atoms with E-state index in [-0.39, 0.29) is 5.75 Å². The molecule has 2 aromatic rings. The van der Waals surface area contributed by atoms with Crippen molar-refractivity contribution in [1.82, 2.24) is 0 Å². The van der Waals surface area contributed by atoms with E-state index in [1.54, 1.807) is 43.5 Å². The van der Waals surface area contributed by atoms with Gasteiger partial charge in [0.2, 0.25) is 5.91 Å². The first-order chi connectivity index (χ1) is 10.5. The van der Waals surface area contributed by atoms with Crippen molar-refractivity contribution in [3.05, 3.63) is 52.5 Å². The molecule has 0 aliphatic carbocycles. The lowest BCUT2D eigenvalue weighted by atomic mass is 10.3. The number of hydrogen-bond donors (Lipinski definition) is 1. The average Bonchev–Trinajstić information content (AvgIpc) is 2.50. The van der Waals surface area contributed by atoms with Crippen LogP contribution < -0.4 is 10.1 Å². The van der Waals surface area contributed by atoms with Crippen molar-refractivity contribution in [2.45, 2.75) is 4.90 Å². The van der Waals surface area contributed by atoms with Crippen molar-refractivity contribution < 1.29 is 13.7 Å². The van der Waals surface area contributed by atoms with Gasteiger partial charge in [-0.1, -0.05) is 23.2 Å². The number of halogens is 2. The molecule has 0 spiro atoms. The first-order valence-corrected chi connectivity index (χ1v) is 8.34. The van der Waals surface area contributed by atoms with Gasteiger partial charge in [-0.05, 0) is 42.5 Å². The maximum Gasteiger partial charge on any atom is 0.237 e. The highest BCUT2D eigenvalue weighted by molar-refractivity contribution is 7.85. The zero-order valence-electron chi connectivity index (χ0n) is 11.6. The fourth-order valence-electron chi connectivity index (χ4n) is 1.71. The number of carbonyl (C=O) groups excluding carboxylic acids is 1. The lowest BCUT2D eigenvalue weighted by Crippen LogP contribution is -2.19. The van der Waals surface area contributed by atoms with Gasteiger partial charge in [-0.3, -0.25) is 9.00 Å². The summed E-state index contributed by atoms with van der Waals surface area (Å²) in [5.74, 6) is 0.113. The Morgan fingerprint density at radius 3 is 2.45 bits per heavy atom. The van der Waals surface area contributed by atoms with Crippen LogP contribution >= 0.6 is 23.2 Å². The summed E-state index contributed by atoms with van der Waals surface area (Å²) in [6.07, 6.45) is 0. The van der Waals surface area contributed by atoms with Crippen molar-refractivity contribution >= 4 is 45.6 Å². The molecule has 1 amide bonds. The van der Waals surface area contributed by atoms with Gasteiger partial charge in [0.05, 0.1) is 28.6 Å². The minimum absolute atomic E-state index is 0.161. The number of carbonyl (C=O) groups is 1. The Bertz CT molecular complexity index is 704. The molecule has 0 saturated carbocycles. The molecule has 0 radical (unpaired) electrons. The van der Waals surface area contributed by atoms with E-state index in [0.29, 0.717) is 26.4 Å². The maximum absolute atomic E-state index is 12.1. The molecular weight excluding hydrogens is 345 g/mol. The summed E-state index contributed by atoms with van der Waals surface area (Å²) >= 11 is 11.8. The molecule has 0 aliphatic rings. The Hall–Kier alpha value is -1.56. The number of rotatable bonds is 5. The molecular formula is C15H13Cl2NO3S. The Labute approximate surface area is 140 Å². The fraction of sp³-hybridized carbons (Fsp3) is 0.133. The molecule has 0 aromatic heterocycles. The highest BCUT2D eigenvalue weighted by Gasteiger charge is 2.12. The third kappa shape index (κ3) is 4.47. The third-order valence-corrected chi connectivity index (χ3v) is 4.66. The van der Waals surface area contributed by atoms with E-state index < -0.39 is 16.7 Å². The number of methoxy groups -OCH3 is 1. The van der Waals surface area contributed by atoms with Crippen LogP contribution in [0.15, 0.2) is 47.4 Å². The van der Waals surface area contributed by atoms with E-state index >= 15 is 0 Å². The van der Waals surface area contributed by atoms with E-state index in [1.807, 2.05) is 0 Å². The molecule has 0 heterocycles. The van der Waals surface area contributed by atoms with Gasteiger partial charge in [0.25, 0.3) is 0 Å². The first kappa shape index (κ1) is 16.8. The maximum atomic E-state index is 12.1. The van der Waals surface area contributed by atoms with E-state index in [0.717, 1.165) is 0 Å². The lowest BCUT2D eigenvalue weighted by molar-refractivity contribution is -0.113. The number of benzene rings is 2. The zero-order valence-corrected chi connectivity index (χ0v) is 14.0. The summed E-state index contributed by atoms with van der Waals surface area (Å²) < 4.78 is 17.2. The summed E-state index contributed by atoms with van der Waals surface area (Å²) in [5.41, 5.74) is 0.433. The number of anilines is 1. The van der Waals surface area contributed by atoms with E-state index in [2.05, 4.69) is 5.32 Å². The van der Waals surface area contributed by atoms with Gasteiger partial charge in [0, 0.05) is 9.92 Å². The van der Waals surface area contributed by atoms with Crippen molar-refractivity contribution in [2.24, 2.45) is 0 Å². The predicted molar refractivity (Wildman–Crippen MR) is 89.4 cm³/mol. The molecule has 2 rings (SSSR count). The second-order valence-corrected chi connectivity index (χ2v) is 6.63. The molecule has 2 aromatic carbocycles. The van der Waals surface area contributed by atoms with Crippen LogP contribution in [0.4, 0.5) is 5.69 Å². The molecule has 7 heteroatoms. The normalized spacial score (nSPS) is 11.8. The van der Waals surface area contributed by atoms with Gasteiger partial charge < -0.3 is 10.1 Å². The van der Waals surface area contributed by atoms with Crippen molar-refractivity contribution in [3.8, 4) is 5.75 Å². The summed E-state index contributed by atoms with van der Waals surface area (Å²) in [5, 5.41) is 3.42. The minimum Gasteiger partial charge on any atom is -0.497 e. The van der Waals surface area contributed by atoms with E-state index in [9.17, 15) is 9.00 Å². The van der Waals surface area contributed by atoms with Crippen LogP contribution in [-0.2, 0) is 15.6 Å². The molecule has 0 saturated heterocycles. The highest BCUT2D eigenvalue weighted by Crippen LogP contribution is 2.25. The fourth-order valence-corrected chi connectivity index (χ4v) is 3.08. The number of amides is 1. The second-order valence-electron chi connectivity index (χ2n) is 4.34. The van der Waals surface area contributed by atoms with Crippen LogP contribution in [0.25, 0.3) is 0 Å². The zero-order chi connectivity index (χ0) is 16.1. The molecule has 1 N–H and O–H groups in total. The molecule has 1 atom stereocenters. The summed E-state index contributed by atoms with van der Waals surface area (Å²) in [7, 11) is 0.106. The van der Waals surface area contributed by atoms with Crippen LogP contribution in [0.5, 0.6) is 5.75 Å². The number of ether oxygens (including phenoxy) is 1. The van der Waals surface area contributed by atoms with Gasteiger partial charge in [-0.2, -0.15) is 0 Å². The van der Waals surface area contributed by atoms with E-state index in [1.165, 1.54) is 6.07 Å². The van der Waals surface area contributed by atoms with Crippen LogP contribution in [-0.4, -0.2) is 23.0 Å². The first-order valence-electron chi connectivity index (χ1n) is 6.27. The van der Waals surface area contributed by atoms with Gasteiger partial charge in [-0.15, -0.1) is 0 Å². The standard InChI is InChI=1S/C15H13Cl2NO3S/c1-21-11-3-5-12(6-4-11)22(20)9-15(19)18-14-7-2-10(16)8-13(14)17/h2-8H,9H2,1H3,(H,18,19)/t22-/m0/s1. The Balaban J connectivity index is 2.00. The molecule has 0 unspecified atom stereocenters. The summed E-state index contributed by atoms with van der Waals surface area (Å²) in [6, 6.07) is 11.5. The Kier molecular flexibility index (Phi) is 5.83. The van der Waals surface area contributed by atoms with Crippen LogP contribution in [0, 0.1) is 0 Å². The van der Waals surface area contributed by atoms with Crippen LogP contribution in [0.1, 0.15) is 0 Å². The van der Waals surface area contributed by atoms with E-state index in [4.69, 9.17) is 27.9 Å². The summed E-state index contributed by atoms with van der Waals surface area (Å²) in [6.45, 7) is 0. The van der Waals surface area contributed by atoms with Crippen molar-refractivity contribution in [2.75, 3.05) is 18.2 Å². The van der Waals surface area contributed by atoms with Gasteiger partial charge in [-0.25, -0.2) is 0 Å². The molecule has 22 heavy (non-hydrogen) atoms. The largest absolute Gasteiger partial charge is 0.497 e. The van der Waals surface area contributed by atoms with Crippen molar-refractivity contribution in [3.63, 3.8) is 0 Å². The molecule has 0 aliphatic heterocycles. The Morgan fingerprint density at radius 2 is 1.86 bits per heavy atom. The SMILES string of the molecule is COc1ccc([S@@](=O)CC(=O)Nc2ccc(Cl)cc2Cl)cc1. The Morgan fingerprint density at radius 1 is 1.18 bits per heavy atom. The number of nitrogens with one attached hydrogen (secondary N) is 1. The topological polar surface area (TPSA) is 55.4 Å². The second kappa shape index (κ2) is 7.63. The van der Waals surface area contributed by atoms with Gasteiger partial charge >= 0.3 is 0 Å². The number of hydrogen-bond acceptors (Lipinski definition) is 3. The highest BCUT2D eigenvalue weighted by atomic mass is 35.5. The smallest absolute Gasteiger partial charge is 0.237 e. The molecule has 0 fully saturated rings. The van der Waals surface area contributed by atoms with Gasteiger partial charge in [0.1, 0.15) is 11.5 Å². The monoisotopic (exact) mass is 357 g/mol. The minimum atomic E-state index is -1.45. The summed E-state index contributed by atoms with van der Waals surface area (Å²) in [4.78, 5) is 12.5. The average molecular weight is 358 g/mol. The van der Waals surface area contributed by atoms with Gasteiger partial charge in [0.15, 0.2) is 0 Å².